The standard InChI is InChI=1S/C28H37N3O4S/c1-21(20-29-36(2,35)25-16-14-24(15-17-25)31(33)34)18-28(19-26(28)22-10-6-5-7-11-22)27(32)30-23-12-8-3-4-9-13-23/h5-7,10-11,14-17,21,23,26H,2-4,8-9,12-13,18-20H2,1H3,(H,29,35)(H,30,32)/t21-,26?,28?,36?/m0/s1. The summed E-state index contributed by atoms with van der Waals surface area (Å²) in [6.07, 6.45) is 8.43. The van der Waals surface area contributed by atoms with E-state index in [-0.39, 0.29) is 29.5 Å². The van der Waals surface area contributed by atoms with Crippen molar-refractivity contribution >= 4 is 27.2 Å². The lowest BCUT2D eigenvalue weighted by atomic mass is 9.87. The topological polar surface area (TPSA) is 101 Å². The summed E-state index contributed by atoms with van der Waals surface area (Å²) in [7, 11) is -2.82. The van der Waals surface area contributed by atoms with E-state index in [4.69, 9.17) is 0 Å². The lowest BCUT2D eigenvalue weighted by molar-refractivity contribution is -0.384. The molecule has 0 heterocycles. The highest BCUT2D eigenvalue weighted by atomic mass is 32.2. The van der Waals surface area contributed by atoms with E-state index in [0.717, 1.165) is 19.3 Å². The van der Waals surface area contributed by atoms with Gasteiger partial charge in [-0.25, -0.2) is 8.93 Å². The molecule has 2 fully saturated rings. The number of carbonyl (C=O) groups excluding carboxylic acids is 1. The molecule has 2 N–H and O–H groups in total. The Labute approximate surface area is 214 Å². The Morgan fingerprint density at radius 2 is 1.75 bits per heavy atom. The molecule has 2 aliphatic carbocycles. The lowest BCUT2D eigenvalue weighted by Crippen LogP contribution is -2.41. The average Bonchev–Trinajstić information content (AvgIpc) is 3.65. The van der Waals surface area contributed by atoms with Gasteiger partial charge in [-0.15, -0.1) is 0 Å². The van der Waals surface area contributed by atoms with E-state index in [9.17, 15) is 19.1 Å². The molecule has 4 atom stereocenters. The number of amides is 1. The van der Waals surface area contributed by atoms with Crippen LogP contribution in [-0.2, 0) is 14.5 Å². The highest BCUT2D eigenvalue weighted by Gasteiger charge is 2.60. The summed E-state index contributed by atoms with van der Waals surface area (Å²) in [5, 5.41) is 14.3. The second kappa shape index (κ2) is 11.1. The number of nitro benzene ring substituents is 1. The Balaban J connectivity index is 1.43. The third kappa shape index (κ3) is 6.16. The smallest absolute Gasteiger partial charge is 0.269 e. The van der Waals surface area contributed by atoms with Crippen molar-refractivity contribution < 1.29 is 13.9 Å². The molecule has 4 rings (SSSR count). The maximum absolute atomic E-state index is 13.7. The van der Waals surface area contributed by atoms with Gasteiger partial charge >= 0.3 is 0 Å². The van der Waals surface area contributed by atoms with E-state index < -0.39 is 20.0 Å². The van der Waals surface area contributed by atoms with Crippen LogP contribution in [0, 0.1) is 21.4 Å². The van der Waals surface area contributed by atoms with Crippen LogP contribution in [0.2, 0.25) is 0 Å². The Kier molecular flexibility index (Phi) is 8.15. The monoisotopic (exact) mass is 511 g/mol. The van der Waals surface area contributed by atoms with Gasteiger partial charge in [0.2, 0.25) is 5.91 Å². The molecule has 2 aliphatic rings. The Hall–Kier alpha value is -2.71. The highest BCUT2D eigenvalue weighted by molar-refractivity contribution is 7.98. The second-order valence-corrected chi connectivity index (χ2v) is 12.7. The maximum atomic E-state index is 13.7. The summed E-state index contributed by atoms with van der Waals surface area (Å²) in [5.74, 6) is 4.27. The van der Waals surface area contributed by atoms with Gasteiger partial charge in [0.1, 0.15) is 0 Å². The van der Waals surface area contributed by atoms with E-state index in [1.165, 1.54) is 55.5 Å². The molecule has 2 saturated carbocycles. The fourth-order valence-corrected chi connectivity index (χ4v) is 6.89. The van der Waals surface area contributed by atoms with Crippen molar-refractivity contribution in [2.75, 3.05) is 6.54 Å². The van der Waals surface area contributed by atoms with Crippen LogP contribution < -0.4 is 10.0 Å². The van der Waals surface area contributed by atoms with Crippen LogP contribution in [0.1, 0.15) is 69.8 Å². The van der Waals surface area contributed by atoms with Gasteiger partial charge in [0.25, 0.3) is 5.69 Å². The summed E-state index contributed by atoms with van der Waals surface area (Å²) in [5.41, 5.74) is 0.689. The SMILES string of the molecule is C=S(=O)(NC[C@@H](C)CC1(C(=O)NC2CCCCCC2)CC1c1ccccc1)c1ccc([N+](=O)[O-])cc1. The first-order valence-corrected chi connectivity index (χ1v) is 14.7. The minimum atomic E-state index is -2.82. The Morgan fingerprint density at radius 3 is 2.36 bits per heavy atom. The zero-order valence-electron chi connectivity index (χ0n) is 21.0. The van der Waals surface area contributed by atoms with Crippen molar-refractivity contribution in [1.82, 2.24) is 10.0 Å². The molecule has 2 aromatic carbocycles. The first-order chi connectivity index (χ1) is 17.2. The highest BCUT2D eigenvalue weighted by Crippen LogP contribution is 2.63. The van der Waals surface area contributed by atoms with Crippen LogP contribution in [-0.4, -0.2) is 33.5 Å². The number of nitrogens with one attached hydrogen (secondary N) is 2. The van der Waals surface area contributed by atoms with E-state index in [1.807, 2.05) is 18.2 Å². The van der Waals surface area contributed by atoms with E-state index in [0.29, 0.717) is 17.9 Å². The van der Waals surface area contributed by atoms with Crippen LogP contribution in [0.3, 0.4) is 0 Å². The molecule has 0 radical (unpaired) electrons. The largest absolute Gasteiger partial charge is 0.353 e. The molecule has 2 aromatic rings. The van der Waals surface area contributed by atoms with Crippen LogP contribution >= 0.6 is 0 Å². The number of carbonyl (C=O) groups is 1. The normalized spacial score (nSPS) is 24.8. The van der Waals surface area contributed by atoms with E-state index >= 15 is 0 Å². The van der Waals surface area contributed by atoms with Gasteiger partial charge in [-0.05, 0) is 61.1 Å². The van der Waals surface area contributed by atoms with E-state index in [1.54, 1.807) is 0 Å². The Morgan fingerprint density at radius 1 is 1.11 bits per heavy atom. The molecule has 0 saturated heterocycles. The molecule has 0 aromatic heterocycles. The van der Waals surface area contributed by atoms with Gasteiger partial charge in [-0.1, -0.05) is 62.9 Å². The number of hydrogen-bond acceptors (Lipinski definition) is 4. The first-order valence-electron chi connectivity index (χ1n) is 12.9. The van der Waals surface area contributed by atoms with Gasteiger partial charge in [0.05, 0.1) is 20.0 Å². The summed E-state index contributed by atoms with van der Waals surface area (Å²) < 4.78 is 16.3. The quantitative estimate of drug-likeness (QED) is 0.198. The summed E-state index contributed by atoms with van der Waals surface area (Å²) in [6.45, 7) is 2.50. The zero-order valence-corrected chi connectivity index (χ0v) is 21.8. The number of hydrogen-bond donors (Lipinski definition) is 2. The first kappa shape index (κ1) is 26.4. The molecule has 36 heavy (non-hydrogen) atoms. The Bertz CT molecular complexity index is 1160. The molecule has 0 bridgehead atoms. The van der Waals surface area contributed by atoms with Crippen molar-refractivity contribution in [2.45, 2.75) is 75.1 Å². The third-order valence-corrected chi connectivity index (χ3v) is 9.39. The second-order valence-electron chi connectivity index (χ2n) is 10.6. The number of non-ortho nitro benzene ring substituents is 1. The van der Waals surface area contributed by atoms with Crippen LogP contribution in [0.4, 0.5) is 5.69 Å². The predicted molar refractivity (Wildman–Crippen MR) is 144 cm³/mol. The maximum Gasteiger partial charge on any atom is 0.269 e. The zero-order chi connectivity index (χ0) is 25.8. The average molecular weight is 512 g/mol. The molecule has 0 aliphatic heterocycles. The number of nitrogens with zero attached hydrogens (tertiary/aromatic N) is 1. The predicted octanol–water partition coefficient (Wildman–Crippen LogP) is 5.21. The summed E-state index contributed by atoms with van der Waals surface area (Å²) in [6, 6.07) is 16.1. The molecule has 8 heteroatoms. The van der Waals surface area contributed by atoms with E-state index in [2.05, 4.69) is 35.0 Å². The molecule has 1 amide bonds. The summed E-state index contributed by atoms with van der Waals surface area (Å²) >= 11 is 0. The number of nitro groups is 1. The molecular weight excluding hydrogens is 474 g/mol. The molecule has 3 unspecified atom stereocenters. The van der Waals surface area contributed by atoms with Crippen molar-refractivity contribution in [3.8, 4) is 0 Å². The molecular formula is C28H37N3O4S. The van der Waals surface area contributed by atoms with Crippen molar-refractivity contribution in [3.63, 3.8) is 0 Å². The van der Waals surface area contributed by atoms with Gasteiger partial charge in [0.15, 0.2) is 0 Å². The third-order valence-electron chi connectivity index (χ3n) is 7.73. The van der Waals surface area contributed by atoms with Gasteiger partial charge in [0, 0.05) is 29.6 Å². The van der Waals surface area contributed by atoms with Crippen molar-refractivity contribution in [2.24, 2.45) is 11.3 Å². The fourth-order valence-electron chi connectivity index (χ4n) is 5.59. The number of rotatable bonds is 10. The van der Waals surface area contributed by atoms with Crippen LogP contribution in [0.15, 0.2) is 59.5 Å². The summed E-state index contributed by atoms with van der Waals surface area (Å²) in [4.78, 5) is 24.5. The number of benzene rings is 2. The molecule has 0 spiro atoms. The van der Waals surface area contributed by atoms with Gasteiger partial charge < -0.3 is 5.32 Å². The minimum Gasteiger partial charge on any atom is -0.353 e. The fraction of sp³-hybridized carbons (Fsp3) is 0.500. The molecule has 194 valence electrons. The van der Waals surface area contributed by atoms with Crippen LogP contribution in [0.25, 0.3) is 0 Å². The van der Waals surface area contributed by atoms with Gasteiger partial charge in [-0.2, -0.15) is 0 Å². The minimum absolute atomic E-state index is 0.0513. The van der Waals surface area contributed by atoms with Crippen molar-refractivity contribution in [1.29, 1.82) is 0 Å². The van der Waals surface area contributed by atoms with Crippen molar-refractivity contribution in [3.05, 3.63) is 70.3 Å². The molecule has 7 nitrogen and oxygen atoms in total. The van der Waals surface area contributed by atoms with Gasteiger partial charge in [-0.3, -0.25) is 14.9 Å². The lowest BCUT2D eigenvalue weighted by Gasteiger charge is -2.25. The van der Waals surface area contributed by atoms with Crippen LogP contribution in [0.5, 0.6) is 0 Å².